The first-order valence-corrected chi connectivity index (χ1v) is 18.6. The predicted octanol–water partition coefficient (Wildman–Crippen LogP) is 11.0. The maximum Gasteiger partial charge on any atom is 0.333 e. The van der Waals surface area contributed by atoms with E-state index in [9.17, 15) is 9.90 Å². The van der Waals surface area contributed by atoms with Gasteiger partial charge in [-0.05, 0) is 161 Å². The van der Waals surface area contributed by atoms with Gasteiger partial charge in [0.05, 0.1) is 6.61 Å². The number of benzene rings is 2. The van der Waals surface area contributed by atoms with Crippen LogP contribution in [0.3, 0.4) is 0 Å². The van der Waals surface area contributed by atoms with Crippen molar-refractivity contribution >= 4 is 5.97 Å². The van der Waals surface area contributed by atoms with Crippen molar-refractivity contribution in [2.24, 2.45) is 11.8 Å². The van der Waals surface area contributed by atoms with Crippen LogP contribution in [0.1, 0.15) is 163 Å². The molecule has 0 bridgehead atoms. The minimum atomic E-state index is -0.305. The molecule has 2 aliphatic rings. The minimum Gasteiger partial charge on any atom is -0.462 e. The molecule has 2 aliphatic carbocycles. The molecule has 0 amide bonds. The molecular weight excluding hydrogens is 552 g/mol. The maximum absolute atomic E-state index is 11.8. The number of aliphatic hydroxyl groups is 1. The number of ether oxygens (including phenoxy) is 1. The molecule has 2 fully saturated rings. The van der Waals surface area contributed by atoms with Crippen molar-refractivity contribution in [1.82, 2.24) is 0 Å². The van der Waals surface area contributed by atoms with Crippen LogP contribution in [0.5, 0.6) is 0 Å². The van der Waals surface area contributed by atoms with Gasteiger partial charge < -0.3 is 9.84 Å². The number of aliphatic hydroxyl groups excluding tert-OH is 1. The van der Waals surface area contributed by atoms with E-state index in [0.29, 0.717) is 24.0 Å². The SMILES string of the molecule is C=C(C)C(=O)OCCCC(CCCO)c1ccc(C2CCC(C3CCC(c4ccc(CCCCC)cc4)CC3)CC2)c(CC)c1. The molecule has 3 heteroatoms. The summed E-state index contributed by atoms with van der Waals surface area (Å²) in [6.45, 7) is 10.6. The highest BCUT2D eigenvalue weighted by Gasteiger charge is 2.32. The van der Waals surface area contributed by atoms with Crippen molar-refractivity contribution < 1.29 is 14.6 Å². The number of aryl methyl sites for hydroxylation is 2. The molecule has 3 nitrogen and oxygen atoms in total. The first-order chi connectivity index (χ1) is 21.9. The van der Waals surface area contributed by atoms with E-state index < -0.39 is 0 Å². The number of carbonyl (C=O) groups excluding carboxylic acids is 1. The van der Waals surface area contributed by atoms with Crippen LogP contribution >= 0.6 is 0 Å². The molecule has 0 radical (unpaired) electrons. The van der Waals surface area contributed by atoms with Crippen molar-refractivity contribution in [3.05, 3.63) is 82.4 Å². The highest BCUT2D eigenvalue weighted by atomic mass is 16.5. The number of hydrogen-bond donors (Lipinski definition) is 1. The van der Waals surface area contributed by atoms with Crippen LogP contribution in [0.25, 0.3) is 0 Å². The maximum atomic E-state index is 11.8. The first kappa shape index (κ1) is 35.5. The Bertz CT molecular complexity index is 1160. The van der Waals surface area contributed by atoms with Crippen molar-refractivity contribution in [2.45, 2.75) is 148 Å². The van der Waals surface area contributed by atoms with Gasteiger partial charge in [-0.2, -0.15) is 0 Å². The van der Waals surface area contributed by atoms with E-state index in [-0.39, 0.29) is 12.6 Å². The van der Waals surface area contributed by atoms with Crippen LogP contribution in [0.2, 0.25) is 0 Å². The third-order valence-electron chi connectivity index (χ3n) is 11.2. The Kier molecular flexibility index (Phi) is 14.7. The van der Waals surface area contributed by atoms with Gasteiger partial charge in [-0.1, -0.05) is 75.7 Å². The monoisotopic (exact) mass is 614 g/mol. The van der Waals surface area contributed by atoms with Gasteiger partial charge in [0.15, 0.2) is 0 Å². The standard InChI is InChI=1S/C42H62O3/c1-5-7-8-11-32-14-16-35(17-15-32)36-18-20-37(21-19-36)38-22-24-39(25-23-38)41-27-26-40(30-33(41)6-2)34(12-9-28-43)13-10-29-45-42(44)31(3)4/h14-17,26-27,30,34,36-39,43H,3,5-13,18-25,28-29H2,1-2,4H3. The number of esters is 1. The van der Waals surface area contributed by atoms with Crippen molar-refractivity contribution in [3.8, 4) is 0 Å². The van der Waals surface area contributed by atoms with E-state index in [1.165, 1.54) is 93.7 Å². The average molecular weight is 615 g/mol. The lowest BCUT2D eigenvalue weighted by Crippen LogP contribution is -2.25. The van der Waals surface area contributed by atoms with Gasteiger partial charge in [-0.3, -0.25) is 0 Å². The topological polar surface area (TPSA) is 46.5 Å². The molecule has 45 heavy (non-hydrogen) atoms. The molecule has 1 atom stereocenters. The molecular formula is C42H62O3. The van der Waals surface area contributed by atoms with Crippen molar-refractivity contribution in [3.63, 3.8) is 0 Å². The van der Waals surface area contributed by atoms with Crippen molar-refractivity contribution in [2.75, 3.05) is 13.2 Å². The Labute approximate surface area is 275 Å². The Balaban J connectivity index is 1.27. The second-order valence-electron chi connectivity index (χ2n) is 14.4. The van der Waals surface area contributed by atoms with Crippen LogP contribution in [-0.2, 0) is 22.4 Å². The minimum absolute atomic E-state index is 0.219. The Hall–Kier alpha value is -2.39. The molecule has 0 aliphatic heterocycles. The van der Waals surface area contributed by atoms with Crippen LogP contribution in [0.4, 0.5) is 0 Å². The van der Waals surface area contributed by atoms with Gasteiger partial charge in [0.1, 0.15) is 0 Å². The molecule has 2 aromatic rings. The molecule has 0 heterocycles. The Morgan fingerprint density at radius 2 is 1.49 bits per heavy atom. The van der Waals surface area contributed by atoms with Crippen LogP contribution < -0.4 is 0 Å². The summed E-state index contributed by atoms with van der Waals surface area (Å²) in [5, 5.41) is 9.52. The highest BCUT2D eigenvalue weighted by Crippen LogP contribution is 2.46. The van der Waals surface area contributed by atoms with Gasteiger partial charge in [-0.15, -0.1) is 0 Å². The summed E-state index contributed by atoms with van der Waals surface area (Å²) < 4.78 is 5.35. The zero-order valence-corrected chi connectivity index (χ0v) is 28.8. The van der Waals surface area contributed by atoms with Gasteiger partial charge in [0, 0.05) is 12.2 Å². The molecule has 4 rings (SSSR count). The molecule has 2 aromatic carbocycles. The summed E-state index contributed by atoms with van der Waals surface area (Å²) in [4.78, 5) is 11.8. The molecule has 248 valence electrons. The van der Waals surface area contributed by atoms with Crippen LogP contribution in [0, 0.1) is 11.8 Å². The second-order valence-corrected chi connectivity index (χ2v) is 14.4. The third-order valence-corrected chi connectivity index (χ3v) is 11.2. The number of carbonyl (C=O) groups is 1. The summed E-state index contributed by atoms with van der Waals surface area (Å²) in [5.41, 5.74) is 8.02. The number of unbranched alkanes of at least 4 members (excludes halogenated alkanes) is 2. The van der Waals surface area contributed by atoms with E-state index in [0.717, 1.165) is 49.9 Å². The van der Waals surface area contributed by atoms with E-state index in [1.807, 2.05) is 0 Å². The first-order valence-electron chi connectivity index (χ1n) is 18.6. The predicted molar refractivity (Wildman–Crippen MR) is 189 cm³/mol. The zero-order valence-electron chi connectivity index (χ0n) is 28.8. The Morgan fingerprint density at radius 1 is 0.844 bits per heavy atom. The van der Waals surface area contributed by atoms with Crippen molar-refractivity contribution in [1.29, 1.82) is 0 Å². The molecule has 0 spiro atoms. The summed E-state index contributed by atoms with van der Waals surface area (Å²) in [7, 11) is 0. The smallest absolute Gasteiger partial charge is 0.333 e. The lowest BCUT2D eigenvalue weighted by atomic mass is 9.67. The van der Waals surface area contributed by atoms with Gasteiger partial charge in [0.2, 0.25) is 0 Å². The van der Waals surface area contributed by atoms with Gasteiger partial charge in [0.25, 0.3) is 0 Å². The fourth-order valence-electron chi connectivity index (χ4n) is 8.38. The molecule has 1 unspecified atom stereocenters. The molecule has 2 saturated carbocycles. The zero-order chi connectivity index (χ0) is 32.0. The Morgan fingerprint density at radius 3 is 2.09 bits per heavy atom. The lowest BCUT2D eigenvalue weighted by Gasteiger charge is -2.38. The normalized spacial score (nSPS) is 22.6. The van der Waals surface area contributed by atoms with Crippen LogP contribution in [-0.4, -0.2) is 24.3 Å². The third kappa shape index (κ3) is 10.6. The number of rotatable bonds is 17. The second kappa shape index (κ2) is 18.7. The summed E-state index contributed by atoms with van der Waals surface area (Å²) in [6, 6.07) is 16.9. The van der Waals surface area contributed by atoms with E-state index in [2.05, 4.69) is 62.9 Å². The lowest BCUT2D eigenvalue weighted by molar-refractivity contribution is -0.139. The summed E-state index contributed by atoms with van der Waals surface area (Å²) in [6.07, 6.45) is 20.8. The fraction of sp³-hybridized carbons (Fsp3) is 0.643. The molecule has 1 N–H and O–H groups in total. The van der Waals surface area contributed by atoms with E-state index >= 15 is 0 Å². The van der Waals surface area contributed by atoms with E-state index in [4.69, 9.17) is 4.74 Å². The quantitative estimate of drug-likeness (QED) is 0.110. The average Bonchev–Trinajstić information content (AvgIpc) is 3.08. The van der Waals surface area contributed by atoms with E-state index in [1.54, 1.807) is 18.1 Å². The number of hydrogen-bond acceptors (Lipinski definition) is 3. The van der Waals surface area contributed by atoms with Gasteiger partial charge >= 0.3 is 5.97 Å². The highest BCUT2D eigenvalue weighted by molar-refractivity contribution is 5.86. The van der Waals surface area contributed by atoms with Gasteiger partial charge in [-0.25, -0.2) is 4.79 Å². The summed E-state index contributed by atoms with van der Waals surface area (Å²) in [5.74, 6) is 3.37. The summed E-state index contributed by atoms with van der Waals surface area (Å²) >= 11 is 0. The van der Waals surface area contributed by atoms with Crippen LogP contribution in [0.15, 0.2) is 54.6 Å². The molecule has 0 aromatic heterocycles. The largest absolute Gasteiger partial charge is 0.462 e. The molecule has 0 saturated heterocycles. The fourth-order valence-corrected chi connectivity index (χ4v) is 8.38.